The molecular weight excluding hydrogens is 395 g/mol. The number of aromatic hydroxyl groups is 1. The minimum absolute atomic E-state index is 0.119. The van der Waals surface area contributed by atoms with Crippen LogP contribution in [0.4, 0.5) is 14.9 Å². The lowest BCUT2D eigenvalue weighted by Gasteiger charge is -2.23. The predicted octanol–water partition coefficient (Wildman–Crippen LogP) is 3.72. The van der Waals surface area contributed by atoms with Crippen LogP contribution in [0.2, 0.25) is 0 Å². The Morgan fingerprint density at radius 1 is 1.13 bits per heavy atom. The van der Waals surface area contributed by atoms with E-state index in [9.17, 15) is 23.9 Å². The smallest absolute Gasteiger partial charge is 0.412 e. The number of Topliss-reactive ketones (excluding diaryl/α,β-unsaturated/α-hetero) is 1. The summed E-state index contributed by atoms with van der Waals surface area (Å²) in [6.07, 6.45) is 0.543. The van der Waals surface area contributed by atoms with Gasteiger partial charge >= 0.3 is 6.09 Å². The van der Waals surface area contributed by atoms with Crippen LogP contribution in [-0.4, -0.2) is 28.1 Å². The largest absolute Gasteiger partial charge is 0.505 e. The van der Waals surface area contributed by atoms with Gasteiger partial charge < -0.3 is 9.84 Å². The minimum atomic E-state index is -1.01. The molecule has 0 aliphatic carbocycles. The van der Waals surface area contributed by atoms with Crippen molar-refractivity contribution in [3.05, 3.63) is 71.6 Å². The standard InChI is InChI=1S/C21H21FN2O6/c1-12(3-10-19(27)24-29)20(15-6-9-18(26)17(22)11-15)30-21(28)23-16-7-4-14(5-8-16)13(2)25/h3-12,20,26,29H,1-2H3,(H,23,28)(H,24,27)/b10-3+/t12-,20-/m0/s1. The Hall–Kier alpha value is -3.72. The summed E-state index contributed by atoms with van der Waals surface area (Å²) in [5, 5.41) is 20.5. The Morgan fingerprint density at radius 3 is 2.37 bits per heavy atom. The third-order valence-electron chi connectivity index (χ3n) is 4.21. The lowest BCUT2D eigenvalue weighted by molar-refractivity contribution is -0.124. The highest BCUT2D eigenvalue weighted by Crippen LogP contribution is 2.30. The van der Waals surface area contributed by atoms with E-state index in [1.165, 1.54) is 36.7 Å². The molecule has 2 aromatic carbocycles. The van der Waals surface area contributed by atoms with Gasteiger partial charge in [0.1, 0.15) is 6.10 Å². The van der Waals surface area contributed by atoms with E-state index in [1.807, 2.05) is 0 Å². The zero-order chi connectivity index (χ0) is 22.3. The summed E-state index contributed by atoms with van der Waals surface area (Å²) in [4.78, 5) is 34.9. The van der Waals surface area contributed by atoms with Crippen molar-refractivity contribution >= 4 is 23.5 Å². The van der Waals surface area contributed by atoms with Gasteiger partial charge in [0.05, 0.1) is 0 Å². The Morgan fingerprint density at radius 2 is 1.80 bits per heavy atom. The van der Waals surface area contributed by atoms with E-state index >= 15 is 0 Å². The number of ether oxygens (including phenoxy) is 1. The van der Waals surface area contributed by atoms with Gasteiger partial charge in [-0.1, -0.05) is 19.1 Å². The van der Waals surface area contributed by atoms with Gasteiger partial charge in [0.25, 0.3) is 5.91 Å². The molecular formula is C21H21FN2O6. The van der Waals surface area contributed by atoms with E-state index in [-0.39, 0.29) is 11.3 Å². The number of carbonyl (C=O) groups is 3. The number of benzene rings is 2. The fourth-order valence-corrected chi connectivity index (χ4v) is 2.61. The predicted molar refractivity (Wildman–Crippen MR) is 106 cm³/mol. The van der Waals surface area contributed by atoms with Crippen molar-refractivity contribution < 1.29 is 33.8 Å². The first kappa shape index (κ1) is 22.6. The highest BCUT2D eigenvalue weighted by Gasteiger charge is 2.23. The highest BCUT2D eigenvalue weighted by molar-refractivity contribution is 5.95. The molecule has 0 bridgehead atoms. The van der Waals surface area contributed by atoms with Crippen LogP contribution < -0.4 is 10.8 Å². The Balaban J connectivity index is 2.21. The highest BCUT2D eigenvalue weighted by atomic mass is 19.1. The molecule has 0 unspecified atom stereocenters. The van der Waals surface area contributed by atoms with Gasteiger partial charge in [0.15, 0.2) is 17.3 Å². The summed E-state index contributed by atoms with van der Waals surface area (Å²) >= 11 is 0. The Bertz CT molecular complexity index is 958. The van der Waals surface area contributed by atoms with Crippen LogP contribution in [0.25, 0.3) is 0 Å². The van der Waals surface area contributed by atoms with Gasteiger partial charge in [0.2, 0.25) is 0 Å². The molecule has 0 heterocycles. The molecule has 0 aliphatic rings. The first-order chi connectivity index (χ1) is 14.2. The fourth-order valence-electron chi connectivity index (χ4n) is 2.61. The van der Waals surface area contributed by atoms with Crippen molar-refractivity contribution in [2.45, 2.75) is 20.0 Å². The number of anilines is 1. The van der Waals surface area contributed by atoms with E-state index in [0.717, 1.165) is 18.2 Å². The van der Waals surface area contributed by atoms with Crippen LogP contribution in [-0.2, 0) is 9.53 Å². The van der Waals surface area contributed by atoms with Gasteiger partial charge in [-0.15, -0.1) is 0 Å². The van der Waals surface area contributed by atoms with E-state index in [1.54, 1.807) is 19.1 Å². The summed E-state index contributed by atoms with van der Waals surface area (Å²) in [7, 11) is 0. The lowest BCUT2D eigenvalue weighted by atomic mass is 9.96. The molecule has 0 spiro atoms. The molecule has 8 nitrogen and oxygen atoms in total. The van der Waals surface area contributed by atoms with Crippen molar-refractivity contribution in [3.8, 4) is 5.75 Å². The fraction of sp³-hybridized carbons (Fsp3) is 0.190. The van der Waals surface area contributed by atoms with Crippen LogP contribution in [0.3, 0.4) is 0 Å². The number of amides is 2. The van der Waals surface area contributed by atoms with E-state index < -0.39 is 35.6 Å². The van der Waals surface area contributed by atoms with Gasteiger partial charge in [-0.3, -0.25) is 20.1 Å². The maximum absolute atomic E-state index is 13.8. The number of nitrogens with one attached hydrogen (secondary N) is 2. The van der Waals surface area contributed by atoms with Crippen molar-refractivity contribution in [3.63, 3.8) is 0 Å². The van der Waals surface area contributed by atoms with Gasteiger partial charge in [0, 0.05) is 23.2 Å². The van der Waals surface area contributed by atoms with E-state index in [4.69, 9.17) is 9.94 Å². The number of hydrogen-bond donors (Lipinski definition) is 4. The molecule has 0 fully saturated rings. The molecule has 2 rings (SSSR count). The second-order valence-corrected chi connectivity index (χ2v) is 6.49. The second kappa shape index (κ2) is 10.2. The number of ketones is 1. The molecule has 158 valence electrons. The summed E-state index contributed by atoms with van der Waals surface area (Å²) < 4.78 is 19.2. The first-order valence-corrected chi connectivity index (χ1v) is 8.90. The van der Waals surface area contributed by atoms with E-state index in [0.29, 0.717) is 11.3 Å². The number of hydrogen-bond acceptors (Lipinski definition) is 6. The average molecular weight is 416 g/mol. The zero-order valence-corrected chi connectivity index (χ0v) is 16.3. The first-order valence-electron chi connectivity index (χ1n) is 8.90. The third-order valence-corrected chi connectivity index (χ3v) is 4.21. The maximum Gasteiger partial charge on any atom is 0.412 e. The zero-order valence-electron chi connectivity index (χ0n) is 16.3. The molecule has 2 amide bonds. The van der Waals surface area contributed by atoms with Gasteiger partial charge in [-0.2, -0.15) is 0 Å². The minimum Gasteiger partial charge on any atom is -0.505 e. The number of phenols is 1. The normalized spacial score (nSPS) is 12.8. The molecule has 30 heavy (non-hydrogen) atoms. The van der Waals surface area contributed by atoms with Crippen molar-refractivity contribution in [1.82, 2.24) is 5.48 Å². The van der Waals surface area contributed by atoms with Crippen LogP contribution in [0, 0.1) is 11.7 Å². The SMILES string of the molecule is CC(=O)c1ccc(NC(=O)O[C@H](c2ccc(O)c(F)c2)[C@@H](C)/C=C/C(=O)NO)cc1. The monoisotopic (exact) mass is 416 g/mol. The topological polar surface area (TPSA) is 125 Å². The Labute approximate surface area is 171 Å². The molecule has 2 aromatic rings. The van der Waals surface area contributed by atoms with Crippen LogP contribution in [0.15, 0.2) is 54.6 Å². The number of halogens is 1. The molecule has 0 saturated carbocycles. The summed E-state index contributed by atoms with van der Waals surface area (Å²) in [6.45, 7) is 3.04. The number of rotatable bonds is 7. The van der Waals surface area contributed by atoms with Crippen LogP contribution >= 0.6 is 0 Å². The van der Waals surface area contributed by atoms with Crippen LogP contribution in [0.1, 0.15) is 35.9 Å². The van der Waals surface area contributed by atoms with Crippen molar-refractivity contribution in [2.24, 2.45) is 5.92 Å². The Kier molecular flexibility index (Phi) is 7.65. The average Bonchev–Trinajstić information content (AvgIpc) is 2.72. The maximum atomic E-state index is 13.8. The van der Waals surface area contributed by atoms with Gasteiger partial charge in [-0.25, -0.2) is 14.7 Å². The molecule has 0 saturated heterocycles. The molecule has 0 radical (unpaired) electrons. The third kappa shape index (κ3) is 6.14. The molecule has 2 atom stereocenters. The number of phenolic OH excluding ortho intramolecular Hbond substituents is 1. The van der Waals surface area contributed by atoms with Gasteiger partial charge in [-0.05, 0) is 48.9 Å². The molecule has 9 heteroatoms. The molecule has 0 aromatic heterocycles. The summed E-state index contributed by atoms with van der Waals surface area (Å²) in [5.74, 6) is -2.96. The van der Waals surface area contributed by atoms with Crippen LogP contribution in [0.5, 0.6) is 5.75 Å². The quantitative estimate of drug-likeness (QED) is 0.236. The van der Waals surface area contributed by atoms with E-state index in [2.05, 4.69) is 5.32 Å². The number of carbonyl (C=O) groups excluding carboxylic acids is 3. The lowest BCUT2D eigenvalue weighted by Crippen LogP contribution is -2.22. The molecule has 4 N–H and O–H groups in total. The van der Waals surface area contributed by atoms with Crippen molar-refractivity contribution in [1.29, 1.82) is 0 Å². The summed E-state index contributed by atoms with van der Waals surface area (Å²) in [5.41, 5.74) is 2.54. The second-order valence-electron chi connectivity index (χ2n) is 6.49. The molecule has 0 aliphatic heterocycles. The number of hydroxylamine groups is 1. The summed E-state index contributed by atoms with van der Waals surface area (Å²) in [6, 6.07) is 9.67. The van der Waals surface area contributed by atoms with Crippen molar-refractivity contribution in [2.75, 3.05) is 5.32 Å².